The molecule has 1 aromatic rings. The molecule has 5 rings (SSSR count). The molecule has 4 saturated carbocycles. The zero-order valence-corrected chi connectivity index (χ0v) is 18.0. The summed E-state index contributed by atoms with van der Waals surface area (Å²) in [4.78, 5) is 38.0. The van der Waals surface area contributed by atoms with Crippen LogP contribution in [0, 0.1) is 34.5 Å². The first kappa shape index (κ1) is 21.4. The molecule has 4 aliphatic carbocycles. The van der Waals surface area contributed by atoms with E-state index in [0.29, 0.717) is 29.0 Å². The van der Waals surface area contributed by atoms with Gasteiger partial charge in [0.2, 0.25) is 5.91 Å². The van der Waals surface area contributed by atoms with E-state index in [1.165, 1.54) is 26.2 Å². The minimum Gasteiger partial charge on any atom is -0.451 e. The Labute approximate surface area is 182 Å². The Morgan fingerprint density at radius 2 is 1.65 bits per heavy atom. The largest absolute Gasteiger partial charge is 0.451 e. The quantitative estimate of drug-likeness (QED) is 0.684. The van der Waals surface area contributed by atoms with Gasteiger partial charge in [0.25, 0.3) is 5.91 Å². The van der Waals surface area contributed by atoms with E-state index >= 15 is 0 Å². The number of carbonyl (C=O) groups is 3. The van der Waals surface area contributed by atoms with Gasteiger partial charge in [-0.1, -0.05) is 12.1 Å². The molecule has 0 radical (unpaired) electrons. The van der Waals surface area contributed by atoms with E-state index in [0.717, 1.165) is 19.3 Å². The molecule has 0 spiro atoms. The molecule has 2 N–H and O–H groups in total. The van der Waals surface area contributed by atoms with Crippen LogP contribution in [0.4, 0.5) is 5.69 Å². The number of rotatable bonds is 6. The minimum atomic E-state index is -1.06. The van der Waals surface area contributed by atoms with Crippen molar-refractivity contribution in [3.05, 3.63) is 29.8 Å². The van der Waals surface area contributed by atoms with Crippen LogP contribution in [0.25, 0.3) is 0 Å². The highest BCUT2D eigenvalue weighted by Crippen LogP contribution is 2.60. The highest BCUT2D eigenvalue weighted by atomic mass is 16.5. The molecule has 7 heteroatoms. The standard InChI is InChI=1S/C24H29N3O4/c1-14(26-23(30)24-10-16-7-17(11-24)9-18(8-16)12-24)22(29)31-15(2)21(28)27-20-6-4-3-5-19(20)13-25/h3-6,14-18H,7-12H2,1-2H3,(H,26,30)(H,27,28)/t14-,15-,16?,17?,18?,24?/m0/s1. The Balaban J connectivity index is 1.31. The van der Waals surface area contributed by atoms with Gasteiger partial charge in [0.05, 0.1) is 11.3 Å². The molecule has 0 aliphatic heterocycles. The minimum absolute atomic E-state index is 0.0453. The molecule has 0 unspecified atom stereocenters. The summed E-state index contributed by atoms with van der Waals surface area (Å²) < 4.78 is 5.29. The number of hydrogen-bond acceptors (Lipinski definition) is 5. The van der Waals surface area contributed by atoms with Crippen LogP contribution in [0.2, 0.25) is 0 Å². The first-order chi connectivity index (χ1) is 14.8. The monoisotopic (exact) mass is 423 g/mol. The maximum atomic E-state index is 13.1. The van der Waals surface area contributed by atoms with Crippen molar-refractivity contribution in [3.63, 3.8) is 0 Å². The number of esters is 1. The van der Waals surface area contributed by atoms with E-state index in [2.05, 4.69) is 10.6 Å². The predicted molar refractivity (Wildman–Crippen MR) is 114 cm³/mol. The third-order valence-corrected chi connectivity index (χ3v) is 7.19. The lowest BCUT2D eigenvalue weighted by atomic mass is 9.49. The van der Waals surface area contributed by atoms with E-state index < -0.39 is 24.0 Å². The zero-order chi connectivity index (χ0) is 22.2. The molecule has 31 heavy (non-hydrogen) atoms. The molecule has 0 heterocycles. The summed E-state index contributed by atoms with van der Waals surface area (Å²) in [5.41, 5.74) is 0.347. The number of amides is 2. The van der Waals surface area contributed by atoms with Crippen molar-refractivity contribution in [1.82, 2.24) is 5.32 Å². The maximum Gasteiger partial charge on any atom is 0.329 e. The van der Waals surface area contributed by atoms with E-state index in [4.69, 9.17) is 10.00 Å². The number of nitrogens with one attached hydrogen (secondary N) is 2. The van der Waals surface area contributed by atoms with Crippen molar-refractivity contribution >= 4 is 23.5 Å². The lowest BCUT2D eigenvalue weighted by Crippen LogP contribution is -2.56. The molecule has 0 saturated heterocycles. The Hall–Kier alpha value is -2.88. The van der Waals surface area contributed by atoms with Gasteiger partial charge >= 0.3 is 5.97 Å². The number of ether oxygens (including phenoxy) is 1. The van der Waals surface area contributed by atoms with Gasteiger partial charge in [-0.15, -0.1) is 0 Å². The summed E-state index contributed by atoms with van der Waals surface area (Å²) in [6.07, 6.45) is 5.43. The van der Waals surface area contributed by atoms with Crippen molar-refractivity contribution < 1.29 is 19.1 Å². The molecular weight excluding hydrogens is 394 g/mol. The molecule has 1 aromatic carbocycles. The van der Waals surface area contributed by atoms with Gasteiger partial charge in [-0.3, -0.25) is 9.59 Å². The zero-order valence-electron chi connectivity index (χ0n) is 18.0. The average molecular weight is 424 g/mol. The first-order valence-corrected chi connectivity index (χ1v) is 11.1. The maximum absolute atomic E-state index is 13.1. The topological polar surface area (TPSA) is 108 Å². The molecule has 164 valence electrons. The SMILES string of the molecule is C[C@H](NC(=O)C12CC3CC(CC(C3)C1)C2)C(=O)O[C@@H](C)C(=O)Nc1ccccc1C#N. The number of hydrogen-bond donors (Lipinski definition) is 2. The molecule has 2 amide bonds. The lowest BCUT2D eigenvalue weighted by molar-refractivity contribution is -0.158. The van der Waals surface area contributed by atoms with Crippen LogP contribution in [0.15, 0.2) is 24.3 Å². The van der Waals surface area contributed by atoms with Crippen molar-refractivity contribution in [2.45, 2.75) is 64.5 Å². The Bertz CT molecular complexity index is 900. The van der Waals surface area contributed by atoms with E-state index in [1.807, 2.05) is 6.07 Å². The number of anilines is 1. The third kappa shape index (κ3) is 4.30. The van der Waals surface area contributed by atoms with Crippen molar-refractivity contribution in [1.29, 1.82) is 5.26 Å². The van der Waals surface area contributed by atoms with Crippen molar-refractivity contribution in [2.75, 3.05) is 5.32 Å². The number of para-hydroxylation sites is 1. The first-order valence-electron chi connectivity index (χ1n) is 11.1. The number of benzene rings is 1. The van der Waals surface area contributed by atoms with Crippen LogP contribution in [0.5, 0.6) is 0 Å². The fourth-order valence-electron chi connectivity index (χ4n) is 6.05. The molecule has 4 aliphatic rings. The smallest absolute Gasteiger partial charge is 0.329 e. The molecule has 7 nitrogen and oxygen atoms in total. The molecule has 0 aromatic heterocycles. The fourth-order valence-corrected chi connectivity index (χ4v) is 6.05. The van der Waals surface area contributed by atoms with E-state index in [-0.39, 0.29) is 11.3 Å². The van der Waals surface area contributed by atoms with Gasteiger partial charge < -0.3 is 15.4 Å². The fraction of sp³-hybridized carbons (Fsp3) is 0.583. The molecule has 4 bridgehead atoms. The second-order valence-electron chi connectivity index (χ2n) is 9.62. The van der Waals surface area contributed by atoms with E-state index in [9.17, 15) is 14.4 Å². The van der Waals surface area contributed by atoms with Crippen LogP contribution in [-0.2, 0) is 19.1 Å². The normalized spacial score (nSPS) is 30.0. The summed E-state index contributed by atoms with van der Waals surface area (Å²) in [6.45, 7) is 3.06. The number of nitrogens with zero attached hydrogens (tertiary/aromatic N) is 1. The second-order valence-corrected chi connectivity index (χ2v) is 9.62. The van der Waals surface area contributed by atoms with Gasteiger partial charge in [-0.25, -0.2) is 4.79 Å². The summed E-state index contributed by atoms with van der Waals surface area (Å²) in [6, 6.07) is 7.78. The number of carbonyl (C=O) groups excluding carboxylic acids is 3. The molecule has 2 atom stereocenters. The second kappa shape index (κ2) is 8.33. The predicted octanol–water partition coefficient (Wildman–Crippen LogP) is 3.15. The van der Waals surface area contributed by atoms with Crippen molar-refractivity contribution in [2.24, 2.45) is 23.2 Å². The van der Waals surface area contributed by atoms with E-state index in [1.54, 1.807) is 31.2 Å². The highest BCUT2D eigenvalue weighted by Gasteiger charge is 2.54. The molecule has 4 fully saturated rings. The van der Waals surface area contributed by atoms with Crippen LogP contribution in [0.3, 0.4) is 0 Å². The van der Waals surface area contributed by atoms with Crippen LogP contribution < -0.4 is 10.6 Å². The summed E-state index contributed by atoms with van der Waals surface area (Å²) in [5.74, 6) is 0.693. The Morgan fingerprint density at radius 3 is 2.23 bits per heavy atom. The highest BCUT2D eigenvalue weighted by molar-refractivity contribution is 5.96. The van der Waals surface area contributed by atoms with Gasteiger partial charge in [-0.05, 0) is 82.3 Å². The van der Waals surface area contributed by atoms with Gasteiger partial charge in [-0.2, -0.15) is 5.26 Å². The summed E-state index contributed by atoms with van der Waals surface area (Å²) in [5, 5.41) is 14.6. The van der Waals surface area contributed by atoms with Gasteiger partial charge in [0.1, 0.15) is 12.1 Å². The number of nitriles is 1. The Kier molecular flexibility index (Phi) is 5.74. The van der Waals surface area contributed by atoms with Crippen LogP contribution >= 0.6 is 0 Å². The molecular formula is C24H29N3O4. The van der Waals surface area contributed by atoms with Gasteiger partial charge in [0, 0.05) is 5.41 Å². The summed E-state index contributed by atoms with van der Waals surface area (Å²) in [7, 11) is 0. The lowest BCUT2D eigenvalue weighted by Gasteiger charge is -2.55. The Morgan fingerprint density at radius 1 is 1.06 bits per heavy atom. The van der Waals surface area contributed by atoms with Gasteiger partial charge in [0.15, 0.2) is 6.10 Å². The average Bonchev–Trinajstić information content (AvgIpc) is 2.72. The summed E-state index contributed by atoms with van der Waals surface area (Å²) >= 11 is 0. The third-order valence-electron chi connectivity index (χ3n) is 7.19. The van der Waals surface area contributed by atoms with Crippen molar-refractivity contribution in [3.8, 4) is 6.07 Å². The van der Waals surface area contributed by atoms with Crippen LogP contribution in [0.1, 0.15) is 57.9 Å². The van der Waals surface area contributed by atoms with Crippen LogP contribution in [-0.4, -0.2) is 29.9 Å².